The fourth-order valence-corrected chi connectivity index (χ4v) is 3.63. The van der Waals surface area contributed by atoms with E-state index in [1.165, 1.54) is 20.8 Å². The third-order valence-electron chi connectivity index (χ3n) is 3.67. The van der Waals surface area contributed by atoms with Crippen molar-refractivity contribution in [2.75, 3.05) is 6.54 Å². The van der Waals surface area contributed by atoms with Crippen molar-refractivity contribution in [3.63, 3.8) is 0 Å². The van der Waals surface area contributed by atoms with Gasteiger partial charge in [0.25, 0.3) is 0 Å². The fourth-order valence-electron chi connectivity index (χ4n) is 2.58. The average molecular weight is 282 g/mol. The van der Waals surface area contributed by atoms with Crippen molar-refractivity contribution in [2.24, 2.45) is 5.73 Å². The zero-order valence-electron chi connectivity index (χ0n) is 11.5. The zero-order chi connectivity index (χ0) is 13.9. The minimum atomic E-state index is 0.344. The van der Waals surface area contributed by atoms with Crippen LogP contribution in [-0.2, 0) is 6.42 Å². The van der Waals surface area contributed by atoms with Gasteiger partial charge in [0.05, 0.1) is 15.2 Å². The molecule has 0 fully saturated rings. The average Bonchev–Trinajstić information content (AvgIpc) is 2.88. The number of benzene rings is 2. The maximum absolute atomic E-state index is 5.99. The summed E-state index contributed by atoms with van der Waals surface area (Å²) in [5, 5.41) is 1.17. The quantitative estimate of drug-likeness (QED) is 0.788. The maximum Gasteiger partial charge on any atom is 0.0945 e. The van der Waals surface area contributed by atoms with Gasteiger partial charge in [0.1, 0.15) is 0 Å². The van der Waals surface area contributed by atoms with Gasteiger partial charge in [-0.3, -0.25) is 0 Å². The van der Waals surface area contributed by atoms with Crippen molar-refractivity contribution in [2.45, 2.75) is 19.3 Å². The summed E-state index contributed by atoms with van der Waals surface area (Å²) in [4.78, 5) is 4.72. The molecular formula is C17H18N2S. The lowest BCUT2D eigenvalue weighted by molar-refractivity contribution is 0.688. The topological polar surface area (TPSA) is 38.9 Å². The Balaban J connectivity index is 1.90. The second-order valence-electron chi connectivity index (χ2n) is 5.07. The van der Waals surface area contributed by atoms with Crippen LogP contribution in [0.1, 0.15) is 22.1 Å². The second-order valence-corrected chi connectivity index (χ2v) is 6.18. The van der Waals surface area contributed by atoms with Gasteiger partial charge < -0.3 is 5.73 Å². The van der Waals surface area contributed by atoms with Crippen LogP contribution in [0.25, 0.3) is 10.2 Å². The second kappa shape index (κ2) is 5.73. The van der Waals surface area contributed by atoms with Gasteiger partial charge in [-0.25, -0.2) is 4.98 Å². The molecule has 2 N–H and O–H groups in total. The first-order valence-corrected chi connectivity index (χ1v) is 7.69. The van der Waals surface area contributed by atoms with E-state index in [1.807, 2.05) is 6.07 Å². The molecule has 1 heterocycles. The minimum Gasteiger partial charge on any atom is -0.330 e. The highest BCUT2D eigenvalue weighted by Gasteiger charge is 2.15. The summed E-state index contributed by atoms with van der Waals surface area (Å²) in [5.41, 5.74) is 9.73. The van der Waals surface area contributed by atoms with E-state index < -0.39 is 0 Å². The molecule has 3 aromatic rings. The summed E-state index contributed by atoms with van der Waals surface area (Å²) in [6, 6.07) is 16.8. The van der Waals surface area contributed by atoms with E-state index in [9.17, 15) is 0 Å². The lowest BCUT2D eigenvalue weighted by Crippen LogP contribution is -2.16. The highest BCUT2D eigenvalue weighted by Crippen LogP contribution is 2.28. The molecule has 20 heavy (non-hydrogen) atoms. The SMILES string of the molecule is Cc1ccccc1C(CN)Cc1nc2ccccc2s1. The van der Waals surface area contributed by atoms with Crippen LogP contribution in [0.15, 0.2) is 48.5 Å². The van der Waals surface area contributed by atoms with E-state index in [2.05, 4.69) is 49.4 Å². The molecule has 0 saturated heterocycles. The number of thiazole rings is 1. The number of rotatable bonds is 4. The third-order valence-corrected chi connectivity index (χ3v) is 4.73. The number of aromatic nitrogens is 1. The molecule has 2 aromatic carbocycles. The Labute approximate surface area is 123 Å². The van der Waals surface area contributed by atoms with Gasteiger partial charge in [-0.15, -0.1) is 11.3 Å². The van der Waals surface area contributed by atoms with E-state index in [1.54, 1.807) is 11.3 Å². The van der Waals surface area contributed by atoms with Crippen molar-refractivity contribution >= 4 is 21.6 Å². The number of fused-ring (bicyclic) bond motifs is 1. The Morgan fingerprint density at radius 2 is 1.85 bits per heavy atom. The number of nitrogens with two attached hydrogens (primary N) is 1. The molecule has 1 unspecified atom stereocenters. The first-order valence-electron chi connectivity index (χ1n) is 6.88. The van der Waals surface area contributed by atoms with Crippen LogP contribution in [-0.4, -0.2) is 11.5 Å². The monoisotopic (exact) mass is 282 g/mol. The van der Waals surface area contributed by atoms with Crippen molar-refractivity contribution < 1.29 is 0 Å². The van der Waals surface area contributed by atoms with Crippen LogP contribution in [0.4, 0.5) is 0 Å². The third kappa shape index (κ3) is 2.60. The Morgan fingerprint density at radius 3 is 2.60 bits per heavy atom. The van der Waals surface area contributed by atoms with Gasteiger partial charge >= 0.3 is 0 Å². The molecule has 0 amide bonds. The van der Waals surface area contributed by atoms with E-state index >= 15 is 0 Å². The normalized spacial score (nSPS) is 12.7. The first kappa shape index (κ1) is 13.3. The van der Waals surface area contributed by atoms with Crippen LogP contribution in [0, 0.1) is 6.92 Å². The molecule has 1 atom stereocenters. The Hall–Kier alpha value is -1.71. The van der Waals surface area contributed by atoms with Crippen LogP contribution in [0.3, 0.4) is 0 Å². The van der Waals surface area contributed by atoms with E-state index in [0.29, 0.717) is 12.5 Å². The molecule has 3 heteroatoms. The van der Waals surface area contributed by atoms with Gasteiger partial charge in [-0.2, -0.15) is 0 Å². The number of aryl methyl sites for hydroxylation is 1. The Morgan fingerprint density at radius 1 is 1.10 bits per heavy atom. The van der Waals surface area contributed by atoms with Crippen molar-refractivity contribution in [1.29, 1.82) is 0 Å². The largest absolute Gasteiger partial charge is 0.330 e. The molecule has 1 aromatic heterocycles. The molecule has 0 aliphatic rings. The molecule has 0 bridgehead atoms. The molecule has 0 radical (unpaired) electrons. The zero-order valence-corrected chi connectivity index (χ0v) is 12.4. The fraction of sp³-hybridized carbons (Fsp3) is 0.235. The molecule has 0 saturated carbocycles. The Kier molecular flexibility index (Phi) is 3.81. The molecule has 3 rings (SSSR count). The van der Waals surface area contributed by atoms with Crippen molar-refractivity contribution in [3.8, 4) is 0 Å². The van der Waals surface area contributed by atoms with Crippen molar-refractivity contribution in [3.05, 3.63) is 64.7 Å². The highest BCUT2D eigenvalue weighted by atomic mass is 32.1. The summed E-state index contributed by atoms with van der Waals surface area (Å²) in [6.07, 6.45) is 0.917. The number of nitrogens with zero attached hydrogens (tertiary/aromatic N) is 1. The number of hydrogen-bond acceptors (Lipinski definition) is 3. The van der Waals surface area contributed by atoms with Gasteiger partial charge in [0.15, 0.2) is 0 Å². The predicted molar refractivity (Wildman–Crippen MR) is 86.3 cm³/mol. The van der Waals surface area contributed by atoms with Gasteiger partial charge in [-0.1, -0.05) is 36.4 Å². The molecule has 0 aliphatic heterocycles. The van der Waals surface area contributed by atoms with Gasteiger partial charge in [0, 0.05) is 12.3 Å². The molecule has 2 nitrogen and oxygen atoms in total. The number of hydrogen-bond donors (Lipinski definition) is 1. The molecule has 0 aliphatic carbocycles. The number of para-hydroxylation sites is 1. The maximum atomic E-state index is 5.99. The van der Waals surface area contributed by atoms with Crippen LogP contribution < -0.4 is 5.73 Å². The molecule has 0 spiro atoms. The lowest BCUT2D eigenvalue weighted by Gasteiger charge is -2.16. The predicted octanol–water partition coefficient (Wildman–Crippen LogP) is 3.89. The van der Waals surface area contributed by atoms with Crippen LogP contribution in [0.5, 0.6) is 0 Å². The van der Waals surface area contributed by atoms with Crippen LogP contribution >= 0.6 is 11.3 Å². The van der Waals surface area contributed by atoms with E-state index in [-0.39, 0.29) is 0 Å². The van der Waals surface area contributed by atoms with Crippen molar-refractivity contribution in [1.82, 2.24) is 4.98 Å². The smallest absolute Gasteiger partial charge is 0.0945 e. The molecular weight excluding hydrogens is 264 g/mol. The summed E-state index contributed by atoms with van der Waals surface area (Å²) in [6.45, 7) is 2.80. The lowest BCUT2D eigenvalue weighted by atomic mass is 9.92. The highest BCUT2D eigenvalue weighted by molar-refractivity contribution is 7.18. The standard InChI is InChI=1S/C17H18N2S/c1-12-6-2-3-7-14(12)13(11-18)10-17-19-15-8-4-5-9-16(15)20-17/h2-9,13H,10-11,18H2,1H3. The summed E-state index contributed by atoms with van der Waals surface area (Å²) in [5.74, 6) is 0.344. The van der Waals surface area contributed by atoms with Gasteiger partial charge in [-0.05, 0) is 36.7 Å². The van der Waals surface area contributed by atoms with Gasteiger partial charge in [0.2, 0.25) is 0 Å². The Bertz CT molecular complexity index is 685. The first-order chi connectivity index (χ1) is 9.78. The molecule has 102 valence electrons. The summed E-state index contributed by atoms with van der Waals surface area (Å²) in [7, 11) is 0. The minimum absolute atomic E-state index is 0.344. The van der Waals surface area contributed by atoms with E-state index in [0.717, 1.165) is 11.9 Å². The van der Waals surface area contributed by atoms with E-state index in [4.69, 9.17) is 10.7 Å². The summed E-state index contributed by atoms with van der Waals surface area (Å²) >= 11 is 1.77. The summed E-state index contributed by atoms with van der Waals surface area (Å²) < 4.78 is 1.25. The van der Waals surface area contributed by atoms with Crippen LogP contribution in [0.2, 0.25) is 0 Å².